The Kier molecular flexibility index (Phi) is 17.6. The largest absolute Gasteiger partial charge is 1.00 e. The number of carboxylic acids is 1. The number of guanidine groups is 1. The Morgan fingerprint density at radius 1 is 1.44 bits per heavy atom. The first-order valence-corrected chi connectivity index (χ1v) is 4.48. The summed E-state index contributed by atoms with van der Waals surface area (Å²) in [6, 6.07) is 0. The Morgan fingerprint density at radius 3 is 1.75 bits per heavy atom. The molecule has 0 aromatic carbocycles. The smallest absolute Gasteiger partial charge is 0.822 e. The third-order valence-corrected chi connectivity index (χ3v) is 0.778. The summed E-state index contributed by atoms with van der Waals surface area (Å²) in [5.41, 5.74) is 4.90. The minimum Gasteiger partial charge on any atom is -0.822 e. The van der Waals surface area contributed by atoms with E-state index in [9.17, 15) is 9.90 Å². The zero-order chi connectivity index (χ0) is 11.9. The van der Waals surface area contributed by atoms with Crippen molar-refractivity contribution >= 4 is 19.8 Å². The summed E-state index contributed by atoms with van der Waals surface area (Å²) >= 11 is 0. The molecule has 0 atom stereocenters. The molecule has 0 radical (unpaired) electrons. The number of nitrogens with one attached hydrogen (secondary N) is 1. The number of carbonyl (C=O) groups excluding carboxylic acids is 1. The number of likely N-dealkylation sites (N-methyl/N-ethyl adjacent to an activating group) is 1. The standard InChI is InChI=1S/C4H9N3O2.Na.H3O4P.H2O/c1-7(4(5)6)2-3(8)9;;1-5(2,3)4;/h2H2,1H3,(H3,5,6)(H,8,9);;(H3,1,2,3,4);1H2/q;+1;;/p-4. The minimum absolute atomic E-state index is 0. The zero-order valence-electron chi connectivity index (χ0n) is 8.63. The predicted molar refractivity (Wildman–Crippen MR) is 40.8 cm³/mol. The van der Waals surface area contributed by atoms with Crippen LogP contribution in [0, 0.1) is 5.41 Å². The molecule has 0 rings (SSSR count). The number of nitrogens with zero attached hydrogens (tertiary/aromatic N) is 1. The number of hydrogen-bond donors (Lipinski definition) is 2. The van der Waals surface area contributed by atoms with Gasteiger partial charge in [0.1, 0.15) is 0 Å². The monoisotopic (exact) mass is 266 g/mol. The van der Waals surface area contributed by atoms with Gasteiger partial charge >= 0.3 is 29.6 Å². The van der Waals surface area contributed by atoms with E-state index in [1.165, 1.54) is 7.05 Å². The summed E-state index contributed by atoms with van der Waals surface area (Å²) < 4.78 is 8.55. The third kappa shape index (κ3) is 37.2. The summed E-state index contributed by atoms with van der Waals surface area (Å²) in [4.78, 5) is 36.5. The van der Waals surface area contributed by atoms with Crippen LogP contribution in [0.1, 0.15) is 0 Å². The second-order valence-electron chi connectivity index (χ2n) is 2.06. The molecule has 0 spiro atoms. The maximum atomic E-state index is 9.81. The number of phosphoric acid groups is 1. The summed E-state index contributed by atoms with van der Waals surface area (Å²) in [6.45, 7) is -0.338. The van der Waals surface area contributed by atoms with Gasteiger partial charge in [0, 0.05) is 7.05 Å². The Bertz CT molecular complexity index is 248. The SMILES string of the molecule is CN(CC(=O)[O-])C(=N)N.O.O=P([O-])([O-])[O-].[Na+]. The Labute approximate surface area is 113 Å². The zero-order valence-corrected chi connectivity index (χ0v) is 11.5. The number of aliphatic carboxylic acids is 1. The van der Waals surface area contributed by atoms with E-state index in [1.54, 1.807) is 0 Å². The molecular formula is C4H10N3NaO7P-3. The number of carbonyl (C=O) groups is 1. The normalized spacial score (nSPS) is 8.50. The van der Waals surface area contributed by atoms with Crippen molar-refractivity contribution in [2.45, 2.75) is 0 Å². The predicted octanol–water partition coefficient (Wildman–Crippen LogP) is -9.08. The molecule has 0 aliphatic heterocycles. The van der Waals surface area contributed by atoms with Gasteiger partial charge in [0.05, 0.1) is 12.5 Å². The molecule has 0 fully saturated rings. The Morgan fingerprint density at radius 2 is 1.69 bits per heavy atom. The van der Waals surface area contributed by atoms with Gasteiger partial charge < -0.3 is 45.3 Å². The van der Waals surface area contributed by atoms with Crippen molar-refractivity contribution in [2.75, 3.05) is 13.6 Å². The van der Waals surface area contributed by atoms with E-state index in [2.05, 4.69) is 0 Å². The maximum Gasteiger partial charge on any atom is 1.00 e. The van der Waals surface area contributed by atoms with Crippen LogP contribution >= 0.6 is 7.82 Å². The molecule has 0 aliphatic carbocycles. The average molecular weight is 266 g/mol. The molecule has 0 aromatic heterocycles. The molecular weight excluding hydrogens is 256 g/mol. The van der Waals surface area contributed by atoms with Crippen molar-refractivity contribution in [3.05, 3.63) is 0 Å². The van der Waals surface area contributed by atoms with Crippen molar-refractivity contribution < 1.29 is 64.2 Å². The minimum atomic E-state index is -5.39. The fourth-order valence-corrected chi connectivity index (χ4v) is 0.279. The van der Waals surface area contributed by atoms with Crippen molar-refractivity contribution in [3.8, 4) is 0 Å². The number of carboxylic acid groups (broad SMARTS) is 1. The fraction of sp³-hybridized carbons (Fsp3) is 0.500. The second kappa shape index (κ2) is 11.3. The van der Waals surface area contributed by atoms with Gasteiger partial charge in [0.2, 0.25) is 0 Å². The van der Waals surface area contributed by atoms with Crippen molar-refractivity contribution in [1.29, 1.82) is 5.41 Å². The molecule has 0 saturated carbocycles. The van der Waals surface area contributed by atoms with Gasteiger partial charge in [0.15, 0.2) is 5.96 Å². The molecule has 0 aromatic rings. The molecule has 0 bridgehead atoms. The molecule has 0 unspecified atom stereocenters. The van der Waals surface area contributed by atoms with Crippen LogP contribution in [0.5, 0.6) is 0 Å². The van der Waals surface area contributed by atoms with Crippen LogP contribution in [0.15, 0.2) is 0 Å². The average Bonchev–Trinajstić information content (AvgIpc) is 1.80. The Hall–Kier alpha value is -0.190. The van der Waals surface area contributed by atoms with Crippen molar-refractivity contribution in [1.82, 2.24) is 4.90 Å². The van der Waals surface area contributed by atoms with Crippen molar-refractivity contribution in [2.24, 2.45) is 5.73 Å². The molecule has 0 heterocycles. The van der Waals surface area contributed by atoms with Gasteiger partial charge in [-0.2, -0.15) is 7.82 Å². The molecule has 12 heteroatoms. The molecule has 0 aliphatic rings. The topological polar surface area (TPSA) is 211 Å². The van der Waals surface area contributed by atoms with Crippen molar-refractivity contribution in [3.63, 3.8) is 0 Å². The molecule has 92 valence electrons. The van der Waals surface area contributed by atoms with Gasteiger partial charge in [0.25, 0.3) is 0 Å². The van der Waals surface area contributed by atoms with Crippen LogP contribution in [0.4, 0.5) is 0 Å². The van der Waals surface area contributed by atoms with E-state index < -0.39 is 13.8 Å². The van der Waals surface area contributed by atoms with Crippen LogP contribution in [-0.2, 0) is 9.36 Å². The fourth-order valence-electron chi connectivity index (χ4n) is 0.279. The van der Waals surface area contributed by atoms with E-state index in [0.29, 0.717) is 0 Å². The Balaban J connectivity index is -0.0000000904. The summed E-state index contributed by atoms with van der Waals surface area (Å²) in [6.07, 6.45) is 0. The third-order valence-electron chi connectivity index (χ3n) is 0.778. The first-order chi connectivity index (χ1) is 6.04. The molecule has 5 N–H and O–H groups in total. The van der Waals surface area contributed by atoms with Crippen LogP contribution in [-0.4, -0.2) is 35.9 Å². The van der Waals surface area contributed by atoms with Crippen LogP contribution in [0.25, 0.3) is 0 Å². The molecule has 16 heavy (non-hydrogen) atoms. The van der Waals surface area contributed by atoms with Gasteiger partial charge in [-0.3, -0.25) is 5.41 Å². The maximum absolute atomic E-state index is 9.81. The quantitative estimate of drug-likeness (QED) is 0.211. The second-order valence-corrected chi connectivity index (χ2v) is 2.95. The van der Waals surface area contributed by atoms with Gasteiger partial charge in [-0.25, -0.2) is 0 Å². The van der Waals surface area contributed by atoms with Crippen LogP contribution in [0.3, 0.4) is 0 Å². The number of rotatable bonds is 2. The van der Waals surface area contributed by atoms with E-state index in [1.807, 2.05) is 0 Å². The first kappa shape index (κ1) is 24.9. The first-order valence-electron chi connectivity index (χ1n) is 3.02. The number of nitrogens with two attached hydrogens (primary N) is 1. The summed E-state index contributed by atoms with van der Waals surface area (Å²) in [7, 11) is -3.99. The van der Waals surface area contributed by atoms with Gasteiger partial charge in [-0.15, -0.1) is 0 Å². The molecule has 0 amide bonds. The van der Waals surface area contributed by atoms with E-state index >= 15 is 0 Å². The molecule has 0 saturated heterocycles. The van der Waals surface area contributed by atoms with E-state index in [4.69, 9.17) is 30.4 Å². The summed E-state index contributed by atoms with van der Waals surface area (Å²) in [5.74, 6) is -1.52. The molecule has 10 nitrogen and oxygen atoms in total. The number of hydrogen-bond acceptors (Lipinski definition) is 7. The summed E-state index contributed by atoms with van der Waals surface area (Å²) in [5, 5.41) is 16.5. The van der Waals surface area contributed by atoms with E-state index in [-0.39, 0.29) is 47.5 Å². The van der Waals surface area contributed by atoms with Crippen LogP contribution in [0.2, 0.25) is 0 Å². The van der Waals surface area contributed by atoms with Crippen LogP contribution < -0.4 is 55.1 Å². The van der Waals surface area contributed by atoms with E-state index in [0.717, 1.165) is 4.90 Å². The van der Waals surface area contributed by atoms with Gasteiger partial charge in [-0.05, 0) is 0 Å². The van der Waals surface area contributed by atoms with Gasteiger partial charge in [-0.1, -0.05) is 0 Å².